The maximum absolute atomic E-state index is 4.54. The smallest absolute Gasteiger partial charge is 0.216 e. The Morgan fingerprint density at radius 3 is 2.56 bits per heavy atom. The van der Waals surface area contributed by atoms with Gasteiger partial charge in [0.25, 0.3) is 5.78 Å². The molecule has 0 bridgehead atoms. The van der Waals surface area contributed by atoms with Crippen molar-refractivity contribution in [3.63, 3.8) is 0 Å². The van der Waals surface area contributed by atoms with Crippen LogP contribution >= 0.6 is 0 Å². The summed E-state index contributed by atoms with van der Waals surface area (Å²) in [6.07, 6.45) is 1.02. The summed E-state index contributed by atoms with van der Waals surface area (Å²) in [5.74, 6) is 1.57. The first kappa shape index (κ1) is 11.0. The van der Waals surface area contributed by atoms with Gasteiger partial charge in [-0.05, 0) is 26.3 Å². The predicted octanol–water partition coefficient (Wildman–Crippen LogP) is 2.43. The summed E-state index contributed by atoms with van der Waals surface area (Å²) in [7, 11) is 0. The van der Waals surface area contributed by atoms with Crippen LogP contribution in [0.15, 0.2) is 6.07 Å². The minimum atomic E-state index is 0.00798. The molecule has 0 aliphatic carbocycles. The highest BCUT2D eigenvalue weighted by Gasteiger charge is 2.24. The molecule has 16 heavy (non-hydrogen) atoms. The second kappa shape index (κ2) is 3.54. The number of aromatic nitrogens is 4. The molecular formula is C12H18N4. The van der Waals surface area contributed by atoms with E-state index in [1.165, 1.54) is 0 Å². The Hall–Kier alpha value is -1.45. The molecule has 0 aromatic carbocycles. The van der Waals surface area contributed by atoms with E-state index in [4.69, 9.17) is 0 Å². The van der Waals surface area contributed by atoms with E-state index in [1.807, 2.05) is 24.4 Å². The van der Waals surface area contributed by atoms with E-state index >= 15 is 0 Å². The lowest BCUT2D eigenvalue weighted by Crippen LogP contribution is -2.17. The van der Waals surface area contributed by atoms with Crippen LogP contribution in [0.1, 0.15) is 44.4 Å². The van der Waals surface area contributed by atoms with E-state index in [0.717, 1.165) is 23.6 Å². The van der Waals surface area contributed by atoms with Gasteiger partial charge in [0.15, 0.2) is 5.82 Å². The standard InChI is InChI=1S/C12H18N4/c1-6-12(4,5)10-14-11-13-8(2)7-9(3)16(11)15-10/h7H,6H2,1-5H3. The molecule has 0 N–H and O–H groups in total. The first-order valence-electron chi connectivity index (χ1n) is 5.65. The van der Waals surface area contributed by atoms with Crippen LogP contribution in [0.3, 0.4) is 0 Å². The molecule has 0 aliphatic heterocycles. The molecule has 0 spiro atoms. The lowest BCUT2D eigenvalue weighted by atomic mass is 9.90. The zero-order valence-electron chi connectivity index (χ0n) is 10.6. The van der Waals surface area contributed by atoms with Crippen LogP contribution in [0, 0.1) is 13.8 Å². The van der Waals surface area contributed by atoms with Gasteiger partial charge in [-0.25, -0.2) is 9.50 Å². The Morgan fingerprint density at radius 1 is 1.25 bits per heavy atom. The fraction of sp³-hybridized carbons (Fsp3) is 0.583. The van der Waals surface area contributed by atoms with Crippen molar-refractivity contribution in [2.75, 3.05) is 0 Å². The third kappa shape index (κ3) is 1.68. The van der Waals surface area contributed by atoms with Crippen molar-refractivity contribution in [1.82, 2.24) is 19.6 Å². The average molecular weight is 218 g/mol. The van der Waals surface area contributed by atoms with Crippen LogP contribution in [-0.4, -0.2) is 19.6 Å². The lowest BCUT2D eigenvalue weighted by Gasteiger charge is -2.17. The van der Waals surface area contributed by atoms with Crippen LogP contribution in [0.2, 0.25) is 0 Å². The molecule has 2 heterocycles. The molecular weight excluding hydrogens is 200 g/mol. The van der Waals surface area contributed by atoms with Crippen molar-refractivity contribution in [3.05, 3.63) is 23.3 Å². The third-order valence-corrected chi connectivity index (χ3v) is 3.11. The zero-order valence-corrected chi connectivity index (χ0v) is 10.6. The second-order valence-electron chi connectivity index (χ2n) is 4.92. The Balaban J connectivity index is 2.65. The zero-order chi connectivity index (χ0) is 11.9. The van der Waals surface area contributed by atoms with Crippen LogP contribution in [0.4, 0.5) is 0 Å². The quantitative estimate of drug-likeness (QED) is 0.777. The van der Waals surface area contributed by atoms with E-state index in [2.05, 4.69) is 35.8 Å². The monoisotopic (exact) mass is 218 g/mol. The van der Waals surface area contributed by atoms with Crippen LogP contribution in [0.25, 0.3) is 5.78 Å². The summed E-state index contributed by atoms with van der Waals surface area (Å²) in [4.78, 5) is 8.91. The number of rotatable bonds is 2. The van der Waals surface area contributed by atoms with Crippen LogP contribution < -0.4 is 0 Å². The van der Waals surface area contributed by atoms with Gasteiger partial charge in [-0.15, -0.1) is 5.10 Å². The maximum atomic E-state index is 4.54. The summed E-state index contributed by atoms with van der Waals surface area (Å²) in [5.41, 5.74) is 2.07. The van der Waals surface area contributed by atoms with Crippen molar-refractivity contribution >= 4 is 5.78 Å². The van der Waals surface area contributed by atoms with Crippen molar-refractivity contribution in [1.29, 1.82) is 0 Å². The van der Waals surface area contributed by atoms with E-state index < -0.39 is 0 Å². The van der Waals surface area contributed by atoms with Gasteiger partial charge in [-0.1, -0.05) is 20.8 Å². The maximum Gasteiger partial charge on any atom is 0.252 e. The molecule has 0 amide bonds. The van der Waals surface area contributed by atoms with Gasteiger partial charge < -0.3 is 0 Å². The number of nitrogens with zero attached hydrogens (tertiary/aromatic N) is 4. The van der Waals surface area contributed by atoms with Crippen molar-refractivity contribution < 1.29 is 0 Å². The minimum Gasteiger partial charge on any atom is -0.216 e. The molecule has 0 unspecified atom stereocenters. The van der Waals surface area contributed by atoms with Crippen LogP contribution in [-0.2, 0) is 5.41 Å². The fourth-order valence-electron chi connectivity index (χ4n) is 1.61. The Kier molecular flexibility index (Phi) is 2.45. The Labute approximate surface area is 95.7 Å². The molecule has 2 rings (SSSR count). The van der Waals surface area contributed by atoms with Gasteiger partial charge in [-0.2, -0.15) is 4.98 Å². The first-order chi connectivity index (χ1) is 7.44. The van der Waals surface area contributed by atoms with Crippen molar-refractivity contribution in [2.45, 2.75) is 46.5 Å². The molecule has 2 aromatic heterocycles. The van der Waals surface area contributed by atoms with Crippen LogP contribution in [0.5, 0.6) is 0 Å². The highest BCUT2D eigenvalue weighted by molar-refractivity contribution is 5.32. The Morgan fingerprint density at radius 2 is 1.94 bits per heavy atom. The normalized spacial score (nSPS) is 12.3. The summed E-state index contributed by atoms with van der Waals surface area (Å²) in [6.45, 7) is 10.5. The molecule has 0 saturated carbocycles. The summed E-state index contributed by atoms with van der Waals surface area (Å²) in [5, 5.41) is 4.54. The molecule has 0 saturated heterocycles. The predicted molar refractivity (Wildman–Crippen MR) is 63.6 cm³/mol. The largest absolute Gasteiger partial charge is 0.252 e. The van der Waals surface area contributed by atoms with E-state index in [9.17, 15) is 0 Å². The molecule has 0 fully saturated rings. The molecule has 4 heteroatoms. The highest BCUT2D eigenvalue weighted by atomic mass is 15.3. The van der Waals surface area contributed by atoms with Gasteiger partial charge in [0.1, 0.15) is 0 Å². The Bertz CT molecular complexity index is 525. The number of aryl methyl sites for hydroxylation is 2. The SMILES string of the molecule is CCC(C)(C)c1nc2nc(C)cc(C)n2n1. The molecule has 4 nitrogen and oxygen atoms in total. The van der Waals surface area contributed by atoms with Gasteiger partial charge in [-0.3, -0.25) is 0 Å². The van der Waals surface area contributed by atoms with E-state index in [-0.39, 0.29) is 5.41 Å². The number of hydrogen-bond donors (Lipinski definition) is 0. The van der Waals surface area contributed by atoms with Gasteiger partial charge in [0.2, 0.25) is 0 Å². The third-order valence-electron chi connectivity index (χ3n) is 3.11. The van der Waals surface area contributed by atoms with Crippen molar-refractivity contribution in [2.24, 2.45) is 0 Å². The highest BCUT2D eigenvalue weighted by Crippen LogP contribution is 2.23. The van der Waals surface area contributed by atoms with Gasteiger partial charge in [0.05, 0.1) is 0 Å². The van der Waals surface area contributed by atoms with Gasteiger partial charge in [0, 0.05) is 16.8 Å². The summed E-state index contributed by atoms with van der Waals surface area (Å²) in [6, 6.07) is 2.02. The molecule has 0 radical (unpaired) electrons. The van der Waals surface area contributed by atoms with Gasteiger partial charge >= 0.3 is 0 Å². The number of hydrogen-bond acceptors (Lipinski definition) is 3. The lowest BCUT2D eigenvalue weighted by molar-refractivity contribution is 0.472. The first-order valence-corrected chi connectivity index (χ1v) is 5.65. The van der Waals surface area contributed by atoms with Crippen molar-refractivity contribution in [3.8, 4) is 0 Å². The molecule has 0 aliphatic rings. The molecule has 2 aromatic rings. The second-order valence-corrected chi connectivity index (χ2v) is 4.92. The summed E-state index contributed by atoms with van der Waals surface area (Å²) >= 11 is 0. The van der Waals surface area contributed by atoms with E-state index in [1.54, 1.807) is 0 Å². The molecule has 86 valence electrons. The molecule has 0 atom stereocenters. The number of fused-ring (bicyclic) bond motifs is 1. The fourth-order valence-corrected chi connectivity index (χ4v) is 1.61. The summed E-state index contributed by atoms with van der Waals surface area (Å²) < 4.78 is 1.82. The van der Waals surface area contributed by atoms with E-state index in [0.29, 0.717) is 5.78 Å². The minimum absolute atomic E-state index is 0.00798. The average Bonchev–Trinajstić information content (AvgIpc) is 2.62. The topological polar surface area (TPSA) is 43.1 Å².